The predicted molar refractivity (Wildman–Crippen MR) is 109 cm³/mol. The number of imidazole rings is 1. The number of fused-ring (bicyclic) bond motifs is 1. The quantitative estimate of drug-likeness (QED) is 0.820. The molecule has 2 aromatic rings. The molecular weight excluding hydrogens is 352 g/mol. The number of aromatic nitrogens is 2. The number of piperidine rings is 1. The smallest absolute Gasteiger partial charge is 0.294 e. The third-order valence-electron chi connectivity index (χ3n) is 6.03. The van der Waals surface area contributed by atoms with E-state index >= 15 is 0 Å². The molecule has 2 amide bonds. The largest absolute Gasteiger partial charge is 0.337 e. The molecule has 148 valence electrons. The van der Waals surface area contributed by atoms with Gasteiger partial charge in [-0.3, -0.25) is 9.59 Å². The van der Waals surface area contributed by atoms with Gasteiger partial charge in [0.25, 0.3) is 11.8 Å². The fourth-order valence-corrected chi connectivity index (χ4v) is 4.16. The van der Waals surface area contributed by atoms with E-state index in [-0.39, 0.29) is 11.8 Å². The number of rotatable bonds is 3. The number of hydrogen-bond donors (Lipinski definition) is 0. The minimum Gasteiger partial charge on any atom is -0.337 e. The van der Waals surface area contributed by atoms with Crippen molar-refractivity contribution in [2.75, 3.05) is 25.0 Å². The van der Waals surface area contributed by atoms with Gasteiger partial charge in [-0.15, -0.1) is 0 Å². The van der Waals surface area contributed by atoms with E-state index in [4.69, 9.17) is 0 Å². The van der Waals surface area contributed by atoms with Crippen LogP contribution in [0.5, 0.6) is 0 Å². The highest BCUT2D eigenvalue weighted by Gasteiger charge is 2.32. The van der Waals surface area contributed by atoms with E-state index in [2.05, 4.69) is 11.9 Å². The van der Waals surface area contributed by atoms with E-state index in [0.717, 1.165) is 63.1 Å². The van der Waals surface area contributed by atoms with Crippen LogP contribution in [0.15, 0.2) is 30.3 Å². The molecule has 0 aliphatic carbocycles. The Labute approximate surface area is 166 Å². The molecule has 1 saturated heterocycles. The third-order valence-corrected chi connectivity index (χ3v) is 6.03. The summed E-state index contributed by atoms with van der Waals surface area (Å²) in [6.45, 7) is 4.53. The maximum atomic E-state index is 13.2. The molecule has 0 bridgehead atoms. The number of likely N-dealkylation sites (tertiary alicyclic amines) is 1. The highest BCUT2D eigenvalue weighted by atomic mass is 16.2. The number of para-hydroxylation sites is 1. The van der Waals surface area contributed by atoms with Crippen LogP contribution in [0.25, 0.3) is 0 Å². The minimum atomic E-state index is -0.166. The van der Waals surface area contributed by atoms with Crippen molar-refractivity contribution in [1.29, 1.82) is 0 Å². The molecule has 0 atom stereocenters. The number of hydrogen-bond acceptors (Lipinski definition) is 3. The van der Waals surface area contributed by atoms with Crippen molar-refractivity contribution in [3.63, 3.8) is 0 Å². The molecule has 0 spiro atoms. The van der Waals surface area contributed by atoms with E-state index < -0.39 is 0 Å². The molecule has 0 saturated carbocycles. The Hall–Kier alpha value is -2.63. The van der Waals surface area contributed by atoms with Crippen molar-refractivity contribution < 1.29 is 9.59 Å². The molecule has 3 heterocycles. The standard InChI is InChI=1S/C22H28N4O2/c1-16-11-14-25(15-12-16)21(27)19-18-10-6-7-13-26(18)20(23-19)22(28)24(2)17-8-4-3-5-9-17/h3-5,8-9,16H,6-7,10-15H2,1-2H3. The first kappa shape index (κ1) is 18.7. The van der Waals surface area contributed by atoms with E-state index in [9.17, 15) is 9.59 Å². The topological polar surface area (TPSA) is 58.4 Å². The SMILES string of the molecule is CC1CCN(C(=O)c2nc(C(=O)N(C)c3ccccc3)n3c2CCCC3)CC1. The summed E-state index contributed by atoms with van der Waals surface area (Å²) in [6.07, 6.45) is 4.91. The molecule has 28 heavy (non-hydrogen) atoms. The van der Waals surface area contributed by atoms with Crippen LogP contribution in [-0.4, -0.2) is 46.4 Å². The highest BCUT2D eigenvalue weighted by Crippen LogP contribution is 2.26. The minimum absolute atomic E-state index is 0.0148. The van der Waals surface area contributed by atoms with Crippen molar-refractivity contribution >= 4 is 17.5 Å². The van der Waals surface area contributed by atoms with E-state index in [1.807, 2.05) is 39.8 Å². The summed E-state index contributed by atoms with van der Waals surface area (Å²) in [5, 5.41) is 0. The zero-order valence-electron chi connectivity index (χ0n) is 16.7. The molecule has 2 aliphatic heterocycles. The Kier molecular flexibility index (Phi) is 5.20. The van der Waals surface area contributed by atoms with E-state index in [0.29, 0.717) is 17.4 Å². The Balaban J connectivity index is 1.65. The Morgan fingerprint density at radius 2 is 1.79 bits per heavy atom. The van der Waals surface area contributed by atoms with Crippen molar-refractivity contribution in [3.05, 3.63) is 47.5 Å². The summed E-state index contributed by atoms with van der Waals surface area (Å²) in [7, 11) is 1.76. The van der Waals surface area contributed by atoms with Crippen molar-refractivity contribution in [2.24, 2.45) is 5.92 Å². The molecule has 0 unspecified atom stereocenters. The van der Waals surface area contributed by atoms with Crippen LogP contribution in [0.2, 0.25) is 0 Å². The van der Waals surface area contributed by atoms with Crippen LogP contribution >= 0.6 is 0 Å². The number of amides is 2. The fourth-order valence-electron chi connectivity index (χ4n) is 4.16. The van der Waals surface area contributed by atoms with Crippen molar-refractivity contribution in [3.8, 4) is 0 Å². The fraction of sp³-hybridized carbons (Fsp3) is 0.500. The van der Waals surface area contributed by atoms with Gasteiger partial charge in [0.2, 0.25) is 5.82 Å². The van der Waals surface area contributed by atoms with Gasteiger partial charge in [0, 0.05) is 32.4 Å². The lowest BCUT2D eigenvalue weighted by Crippen LogP contribution is -2.38. The average Bonchev–Trinajstić information content (AvgIpc) is 3.13. The summed E-state index contributed by atoms with van der Waals surface area (Å²) in [5.41, 5.74) is 2.23. The normalized spacial score (nSPS) is 17.3. The Morgan fingerprint density at radius 1 is 1.07 bits per heavy atom. The molecule has 2 aliphatic rings. The van der Waals surface area contributed by atoms with Gasteiger partial charge in [-0.2, -0.15) is 0 Å². The number of carbonyl (C=O) groups excluding carboxylic acids is 2. The second kappa shape index (κ2) is 7.78. The highest BCUT2D eigenvalue weighted by molar-refractivity contribution is 6.05. The first-order valence-electron chi connectivity index (χ1n) is 10.3. The zero-order chi connectivity index (χ0) is 19.7. The van der Waals surface area contributed by atoms with Gasteiger partial charge in [0.05, 0.1) is 5.69 Å². The van der Waals surface area contributed by atoms with Gasteiger partial charge in [-0.25, -0.2) is 4.98 Å². The van der Waals surface area contributed by atoms with Crippen LogP contribution in [0.3, 0.4) is 0 Å². The van der Waals surface area contributed by atoms with Crippen LogP contribution in [0, 0.1) is 5.92 Å². The number of anilines is 1. The summed E-state index contributed by atoms with van der Waals surface area (Å²) in [5.74, 6) is 0.867. The Morgan fingerprint density at radius 3 is 2.50 bits per heavy atom. The average molecular weight is 380 g/mol. The second-order valence-corrected chi connectivity index (χ2v) is 8.01. The first-order chi connectivity index (χ1) is 13.6. The van der Waals surface area contributed by atoms with Crippen LogP contribution < -0.4 is 4.90 Å². The van der Waals surface area contributed by atoms with Gasteiger partial charge < -0.3 is 14.4 Å². The lowest BCUT2D eigenvalue weighted by atomic mass is 9.98. The molecule has 0 radical (unpaired) electrons. The van der Waals surface area contributed by atoms with Gasteiger partial charge in [0.1, 0.15) is 5.69 Å². The van der Waals surface area contributed by atoms with Gasteiger partial charge in [-0.05, 0) is 50.2 Å². The number of nitrogens with zero attached hydrogens (tertiary/aromatic N) is 4. The maximum Gasteiger partial charge on any atom is 0.294 e. The molecule has 1 fully saturated rings. The third kappa shape index (κ3) is 3.43. The lowest BCUT2D eigenvalue weighted by molar-refractivity contribution is 0.0690. The molecule has 6 nitrogen and oxygen atoms in total. The molecular formula is C22H28N4O2. The molecule has 4 rings (SSSR count). The number of benzene rings is 1. The lowest BCUT2D eigenvalue weighted by Gasteiger charge is -2.30. The first-order valence-corrected chi connectivity index (χ1v) is 10.3. The Bertz CT molecular complexity index is 866. The summed E-state index contributed by atoms with van der Waals surface area (Å²) in [4.78, 5) is 34.5. The van der Waals surface area contributed by atoms with Gasteiger partial charge in [-0.1, -0.05) is 25.1 Å². The van der Waals surface area contributed by atoms with Crippen molar-refractivity contribution in [1.82, 2.24) is 14.5 Å². The van der Waals surface area contributed by atoms with E-state index in [1.54, 1.807) is 11.9 Å². The van der Waals surface area contributed by atoms with Gasteiger partial charge >= 0.3 is 0 Å². The predicted octanol–water partition coefficient (Wildman–Crippen LogP) is 3.37. The molecule has 0 N–H and O–H groups in total. The molecule has 1 aromatic heterocycles. The summed E-state index contributed by atoms with van der Waals surface area (Å²) in [6, 6.07) is 9.55. The van der Waals surface area contributed by atoms with Crippen LogP contribution in [0.4, 0.5) is 5.69 Å². The number of carbonyl (C=O) groups is 2. The van der Waals surface area contributed by atoms with Crippen LogP contribution in [-0.2, 0) is 13.0 Å². The monoisotopic (exact) mass is 380 g/mol. The summed E-state index contributed by atoms with van der Waals surface area (Å²) < 4.78 is 1.98. The molecule has 1 aromatic carbocycles. The maximum absolute atomic E-state index is 13.2. The molecule has 6 heteroatoms. The second-order valence-electron chi connectivity index (χ2n) is 8.01. The summed E-state index contributed by atoms with van der Waals surface area (Å²) >= 11 is 0. The van der Waals surface area contributed by atoms with E-state index in [1.165, 1.54) is 0 Å². The van der Waals surface area contributed by atoms with Crippen molar-refractivity contribution in [2.45, 2.75) is 45.6 Å². The van der Waals surface area contributed by atoms with Crippen LogP contribution in [0.1, 0.15) is 59.4 Å². The zero-order valence-corrected chi connectivity index (χ0v) is 16.7. The van der Waals surface area contributed by atoms with Gasteiger partial charge in [0.15, 0.2) is 0 Å².